The van der Waals surface area contributed by atoms with E-state index in [-0.39, 0.29) is 18.3 Å². The van der Waals surface area contributed by atoms with Crippen LogP contribution in [0.3, 0.4) is 0 Å². The number of rotatable bonds is 6. The van der Waals surface area contributed by atoms with E-state index in [4.69, 9.17) is 10.5 Å². The molecule has 1 aliphatic heterocycles. The molecule has 3 heterocycles. The van der Waals surface area contributed by atoms with Crippen molar-refractivity contribution in [3.8, 4) is 11.6 Å². The van der Waals surface area contributed by atoms with Gasteiger partial charge in [0.25, 0.3) is 5.91 Å². The number of pyridine rings is 1. The Morgan fingerprint density at radius 2 is 2.00 bits per heavy atom. The fourth-order valence-electron chi connectivity index (χ4n) is 3.22. The molecule has 1 aromatic carbocycles. The van der Waals surface area contributed by atoms with Crippen LogP contribution >= 0.6 is 11.0 Å². The second-order valence-electron chi connectivity index (χ2n) is 7.90. The van der Waals surface area contributed by atoms with E-state index in [9.17, 15) is 13.9 Å². The summed E-state index contributed by atoms with van der Waals surface area (Å²) < 4.78 is 33.6. The van der Waals surface area contributed by atoms with Gasteiger partial charge >= 0.3 is 0 Å². The van der Waals surface area contributed by atoms with Crippen molar-refractivity contribution < 1.29 is 18.6 Å². The summed E-state index contributed by atoms with van der Waals surface area (Å²) in [7, 11) is -3.38. The first kappa shape index (κ1) is 21.7. The second-order valence-corrected chi connectivity index (χ2v) is 9.32. The molecule has 11 heteroatoms. The molecule has 0 saturated carbocycles. The smallest absolute Gasteiger partial charge is 0.252 e. The number of aromatic nitrogens is 2. The lowest BCUT2D eigenvalue weighted by Crippen LogP contribution is -2.48. The Hall–Kier alpha value is -3.54. The second kappa shape index (κ2) is 8.19. The predicted molar refractivity (Wildman–Crippen MR) is 124 cm³/mol. The van der Waals surface area contributed by atoms with Crippen molar-refractivity contribution in [2.75, 3.05) is 11.3 Å². The van der Waals surface area contributed by atoms with Crippen LogP contribution < -0.4 is 20.5 Å². The van der Waals surface area contributed by atoms with Crippen LogP contribution in [0.15, 0.2) is 65.5 Å². The summed E-state index contributed by atoms with van der Waals surface area (Å²) in [5.41, 5.74) is 6.51. The van der Waals surface area contributed by atoms with Gasteiger partial charge in [-0.3, -0.25) is 18.6 Å². The van der Waals surface area contributed by atoms with Gasteiger partial charge in [0, 0.05) is 24.2 Å². The van der Waals surface area contributed by atoms with E-state index in [1.54, 1.807) is 36.5 Å². The number of carbonyl (C=O) groups is 1. The Kier molecular flexibility index (Phi) is 5.55. The predicted octanol–water partition coefficient (Wildman–Crippen LogP) is 3.17. The third-order valence-corrected chi connectivity index (χ3v) is 5.62. The number of nitrogens with zero attached hydrogens (tertiary/aromatic N) is 3. The van der Waals surface area contributed by atoms with Crippen molar-refractivity contribution in [3.63, 3.8) is 0 Å². The number of amidine groups is 1. The maximum Gasteiger partial charge on any atom is 0.252 e. The summed E-state index contributed by atoms with van der Waals surface area (Å²) >= 11 is 0. The van der Waals surface area contributed by atoms with Crippen molar-refractivity contribution in [1.29, 1.82) is 0 Å². The molecule has 10 nitrogen and oxygen atoms in total. The van der Waals surface area contributed by atoms with Gasteiger partial charge in [0.05, 0.1) is 16.8 Å². The number of fused-ring (bicyclic) bond motifs is 1. The average Bonchev–Trinajstić information content (AvgIpc) is 3.26. The molecule has 0 bridgehead atoms. The number of nitrogens with two attached hydrogens (primary N) is 1. The fourth-order valence-corrected chi connectivity index (χ4v) is 4.09. The first-order chi connectivity index (χ1) is 15.1. The van der Waals surface area contributed by atoms with Crippen molar-refractivity contribution in [2.45, 2.75) is 19.4 Å². The van der Waals surface area contributed by atoms with E-state index in [1.807, 2.05) is 42.9 Å². The normalized spacial score (nSPS) is 15.7. The summed E-state index contributed by atoms with van der Waals surface area (Å²) in [6.07, 6.45) is 5.29. The SMILES string of the molecule is CC(C)(COc1cccc2c1C(N)=NS(O)(O)N2)NC(=O)c1ccnc(-n2cccc2)c1. The Morgan fingerprint density at radius 1 is 1.25 bits per heavy atom. The Morgan fingerprint density at radius 3 is 2.75 bits per heavy atom. The van der Waals surface area contributed by atoms with Gasteiger partial charge in [-0.2, -0.15) is 0 Å². The molecule has 168 valence electrons. The van der Waals surface area contributed by atoms with Gasteiger partial charge in [-0.15, -0.1) is 4.40 Å². The van der Waals surface area contributed by atoms with Gasteiger partial charge in [-0.05, 0) is 61.2 Å². The highest BCUT2D eigenvalue weighted by atomic mass is 32.3. The van der Waals surface area contributed by atoms with Crippen LogP contribution in [0.2, 0.25) is 0 Å². The molecule has 6 N–H and O–H groups in total. The van der Waals surface area contributed by atoms with E-state index in [1.165, 1.54) is 0 Å². The number of carbonyl (C=O) groups excluding carboxylic acids is 1. The fraction of sp³-hybridized carbons (Fsp3) is 0.190. The van der Waals surface area contributed by atoms with Crippen LogP contribution in [-0.2, 0) is 0 Å². The third kappa shape index (κ3) is 4.69. The van der Waals surface area contributed by atoms with Gasteiger partial charge in [0.15, 0.2) is 5.84 Å². The summed E-state index contributed by atoms with van der Waals surface area (Å²) in [4.78, 5) is 17.1. The molecule has 0 aliphatic carbocycles. The zero-order valence-electron chi connectivity index (χ0n) is 17.5. The number of anilines is 1. The van der Waals surface area contributed by atoms with Gasteiger partial charge in [0.2, 0.25) is 0 Å². The highest BCUT2D eigenvalue weighted by Crippen LogP contribution is 2.46. The molecular formula is C21H24N6O4S. The van der Waals surface area contributed by atoms with Gasteiger partial charge in [-0.1, -0.05) is 6.07 Å². The molecule has 0 spiro atoms. The maximum atomic E-state index is 12.8. The number of ether oxygens (including phenoxy) is 1. The van der Waals surface area contributed by atoms with Crippen molar-refractivity contribution in [2.24, 2.45) is 10.1 Å². The minimum atomic E-state index is -3.38. The molecule has 0 atom stereocenters. The van der Waals surface area contributed by atoms with E-state index >= 15 is 0 Å². The summed E-state index contributed by atoms with van der Waals surface area (Å²) in [6.45, 7) is 3.80. The van der Waals surface area contributed by atoms with Crippen LogP contribution in [0.5, 0.6) is 5.75 Å². The molecule has 4 rings (SSSR count). The van der Waals surface area contributed by atoms with Gasteiger partial charge in [-0.25, -0.2) is 4.98 Å². The van der Waals surface area contributed by atoms with Crippen molar-refractivity contribution in [3.05, 3.63) is 72.2 Å². The largest absolute Gasteiger partial charge is 0.490 e. The summed E-state index contributed by atoms with van der Waals surface area (Å²) in [6, 6.07) is 12.2. The van der Waals surface area contributed by atoms with E-state index in [0.29, 0.717) is 28.4 Å². The lowest BCUT2D eigenvalue weighted by Gasteiger charge is -2.34. The van der Waals surface area contributed by atoms with E-state index in [2.05, 4.69) is 19.4 Å². The number of nitrogens with one attached hydrogen (secondary N) is 2. The minimum absolute atomic E-state index is 0.0366. The van der Waals surface area contributed by atoms with Crippen molar-refractivity contribution >= 4 is 28.4 Å². The number of hydrogen-bond acceptors (Lipinski definition) is 8. The highest BCUT2D eigenvalue weighted by molar-refractivity contribution is 8.24. The topological polar surface area (TPSA) is 147 Å². The minimum Gasteiger partial charge on any atom is -0.490 e. The summed E-state index contributed by atoms with van der Waals surface area (Å²) in [5.74, 6) is 0.750. The van der Waals surface area contributed by atoms with Crippen LogP contribution in [-0.4, -0.2) is 42.5 Å². The Balaban J connectivity index is 1.46. The zero-order chi connectivity index (χ0) is 22.9. The maximum absolute atomic E-state index is 12.8. The molecule has 1 aliphatic rings. The summed E-state index contributed by atoms with van der Waals surface area (Å²) in [5, 5.41) is 2.97. The molecule has 0 fully saturated rings. The number of amides is 1. The molecular weight excluding hydrogens is 432 g/mol. The number of benzene rings is 1. The quantitative estimate of drug-likeness (QED) is 0.383. The van der Waals surface area contributed by atoms with Crippen molar-refractivity contribution in [1.82, 2.24) is 14.9 Å². The zero-order valence-corrected chi connectivity index (χ0v) is 18.3. The lowest BCUT2D eigenvalue weighted by molar-refractivity contribution is 0.0880. The Bertz CT molecular complexity index is 1180. The molecule has 32 heavy (non-hydrogen) atoms. The third-order valence-electron chi connectivity index (χ3n) is 4.67. The lowest BCUT2D eigenvalue weighted by atomic mass is 10.1. The molecule has 2 aromatic heterocycles. The molecule has 0 saturated heterocycles. The van der Waals surface area contributed by atoms with Crippen LogP contribution in [0.1, 0.15) is 29.8 Å². The van der Waals surface area contributed by atoms with Crippen LogP contribution in [0.4, 0.5) is 5.69 Å². The first-order valence-corrected chi connectivity index (χ1v) is 11.2. The highest BCUT2D eigenvalue weighted by Gasteiger charge is 2.27. The molecule has 3 aromatic rings. The Labute approximate surface area is 186 Å². The number of hydrogen-bond donors (Lipinski definition) is 5. The first-order valence-electron chi connectivity index (χ1n) is 9.73. The van der Waals surface area contributed by atoms with Gasteiger partial charge in [0.1, 0.15) is 18.2 Å². The molecule has 0 radical (unpaired) electrons. The van der Waals surface area contributed by atoms with E-state index < -0.39 is 16.5 Å². The van der Waals surface area contributed by atoms with Crippen LogP contribution in [0, 0.1) is 0 Å². The standard InChI is InChI=1S/C21H24N6O4S/c1-21(2,24-20(28)14-8-9-23-17(12-14)27-10-3-4-11-27)13-31-16-7-5-6-15-18(16)19(22)26-32(29,30)25-15/h3-12,25,29-30H,13H2,1-2H3,(H2,22,26)(H,24,28). The van der Waals surface area contributed by atoms with Gasteiger partial charge < -0.3 is 20.4 Å². The molecule has 0 unspecified atom stereocenters. The monoisotopic (exact) mass is 456 g/mol. The van der Waals surface area contributed by atoms with Crippen LogP contribution in [0.25, 0.3) is 5.82 Å². The van der Waals surface area contributed by atoms with E-state index in [0.717, 1.165) is 0 Å². The average molecular weight is 457 g/mol. The molecule has 1 amide bonds.